The first-order chi connectivity index (χ1) is 16.4. The van der Waals surface area contributed by atoms with Gasteiger partial charge in [0.2, 0.25) is 11.8 Å². The van der Waals surface area contributed by atoms with E-state index in [9.17, 15) is 15.2 Å². The van der Waals surface area contributed by atoms with Crippen LogP contribution in [0.15, 0.2) is 47.0 Å². The van der Waals surface area contributed by atoms with Gasteiger partial charge in [0.15, 0.2) is 5.76 Å². The highest BCUT2D eigenvalue weighted by Gasteiger charge is 2.48. The van der Waals surface area contributed by atoms with Gasteiger partial charge in [0.1, 0.15) is 11.8 Å². The number of aliphatic hydroxyl groups excluding tert-OH is 1. The lowest BCUT2D eigenvalue weighted by Gasteiger charge is -2.24. The number of nitriles is 1. The van der Waals surface area contributed by atoms with Gasteiger partial charge in [-0.05, 0) is 56.0 Å². The molecule has 1 N–H and O–H groups in total. The van der Waals surface area contributed by atoms with Crippen LogP contribution in [0.4, 0.5) is 0 Å². The Balaban J connectivity index is 1.46. The van der Waals surface area contributed by atoms with Crippen molar-refractivity contribution < 1.29 is 19.1 Å². The maximum absolute atomic E-state index is 12.5. The number of hydrogen-bond donors (Lipinski definition) is 1. The number of carbonyl (C=O) groups excluding carboxylic acids is 1. The van der Waals surface area contributed by atoms with Crippen molar-refractivity contribution in [2.75, 3.05) is 19.7 Å². The summed E-state index contributed by atoms with van der Waals surface area (Å²) in [6, 6.07) is 13.7. The SMILES string of the molecule is CC(C)Oc1ccc(-c2ncc(-c3cccc4c3CC[C@]43CC(=O)N(CCO)C3)o2)cc1C#N. The molecule has 0 radical (unpaired) electrons. The van der Waals surface area contributed by atoms with Gasteiger partial charge < -0.3 is 19.2 Å². The van der Waals surface area contributed by atoms with Crippen LogP contribution < -0.4 is 4.74 Å². The van der Waals surface area contributed by atoms with Gasteiger partial charge in [-0.25, -0.2) is 4.98 Å². The minimum Gasteiger partial charge on any atom is -0.490 e. The summed E-state index contributed by atoms with van der Waals surface area (Å²) in [6.45, 7) is 4.85. The topological polar surface area (TPSA) is 99.6 Å². The number of oxazole rings is 1. The van der Waals surface area contributed by atoms with E-state index in [1.165, 1.54) is 11.1 Å². The zero-order chi connectivity index (χ0) is 23.9. The monoisotopic (exact) mass is 457 g/mol. The Bertz CT molecular complexity index is 1290. The Morgan fingerprint density at radius 1 is 1.32 bits per heavy atom. The van der Waals surface area contributed by atoms with E-state index in [1.807, 2.05) is 32.0 Å². The average molecular weight is 458 g/mol. The fourth-order valence-electron chi connectivity index (χ4n) is 5.31. The molecule has 2 aromatic carbocycles. The van der Waals surface area contributed by atoms with Crippen molar-refractivity contribution in [3.8, 4) is 34.6 Å². The predicted molar refractivity (Wildman–Crippen MR) is 126 cm³/mol. The summed E-state index contributed by atoms with van der Waals surface area (Å²) < 4.78 is 11.9. The molecule has 1 aliphatic carbocycles. The highest BCUT2D eigenvalue weighted by molar-refractivity contribution is 5.82. The molecular formula is C27H27N3O4. The summed E-state index contributed by atoms with van der Waals surface area (Å²) in [4.78, 5) is 18.8. The number of aromatic nitrogens is 1. The molecule has 34 heavy (non-hydrogen) atoms. The van der Waals surface area contributed by atoms with E-state index >= 15 is 0 Å². The van der Waals surface area contributed by atoms with Gasteiger partial charge in [-0.1, -0.05) is 18.2 Å². The van der Waals surface area contributed by atoms with Crippen LogP contribution in [-0.4, -0.2) is 46.7 Å². The molecule has 1 fully saturated rings. The molecule has 174 valence electrons. The van der Waals surface area contributed by atoms with Gasteiger partial charge in [0, 0.05) is 36.1 Å². The summed E-state index contributed by atoms with van der Waals surface area (Å²) in [6.07, 6.45) is 3.93. The van der Waals surface area contributed by atoms with Crippen LogP contribution in [0.3, 0.4) is 0 Å². The molecule has 0 bridgehead atoms. The number of nitrogens with zero attached hydrogens (tertiary/aromatic N) is 3. The molecule has 1 spiro atoms. The van der Waals surface area contributed by atoms with Gasteiger partial charge in [-0.15, -0.1) is 0 Å². The van der Waals surface area contributed by atoms with E-state index in [4.69, 9.17) is 9.15 Å². The standard InChI is InChI=1S/C27H27N3O4/c1-17(2)33-23-7-6-18(12-19(23)14-28)26-29-15-24(34-26)21-4-3-5-22-20(21)8-9-27(22)13-25(32)30(16-27)10-11-31/h3-7,12,15,17,31H,8-11,13,16H2,1-2H3/t27-/m1/s1. The molecular weight excluding hydrogens is 430 g/mol. The first kappa shape index (κ1) is 22.2. The van der Waals surface area contributed by atoms with Gasteiger partial charge in [-0.2, -0.15) is 5.26 Å². The minimum absolute atomic E-state index is 0.0202. The van der Waals surface area contributed by atoms with Crippen LogP contribution in [0.25, 0.3) is 22.8 Å². The number of likely N-dealkylation sites (tertiary alicyclic amines) is 1. The van der Waals surface area contributed by atoms with E-state index in [2.05, 4.69) is 17.1 Å². The number of rotatable bonds is 6. The van der Waals surface area contributed by atoms with Gasteiger partial charge >= 0.3 is 0 Å². The number of ether oxygens (including phenoxy) is 1. The van der Waals surface area contributed by atoms with Crippen LogP contribution in [0.2, 0.25) is 0 Å². The van der Waals surface area contributed by atoms with Gasteiger partial charge in [0.05, 0.1) is 24.5 Å². The van der Waals surface area contributed by atoms with Crippen LogP contribution in [-0.2, 0) is 16.6 Å². The molecule has 7 heteroatoms. The molecule has 1 saturated heterocycles. The molecule has 1 aromatic heterocycles. The van der Waals surface area contributed by atoms with E-state index < -0.39 is 0 Å². The fourth-order valence-corrected chi connectivity index (χ4v) is 5.31. The number of aliphatic hydroxyl groups is 1. The van der Waals surface area contributed by atoms with Crippen LogP contribution in [0.1, 0.15) is 43.4 Å². The van der Waals surface area contributed by atoms with E-state index in [0.29, 0.717) is 48.0 Å². The molecule has 7 nitrogen and oxygen atoms in total. The van der Waals surface area contributed by atoms with Crippen molar-refractivity contribution >= 4 is 5.91 Å². The Morgan fingerprint density at radius 2 is 2.18 bits per heavy atom. The second kappa shape index (κ2) is 8.62. The summed E-state index contributed by atoms with van der Waals surface area (Å²) in [7, 11) is 0. The maximum Gasteiger partial charge on any atom is 0.226 e. The highest BCUT2D eigenvalue weighted by atomic mass is 16.5. The van der Waals surface area contributed by atoms with Crippen LogP contribution in [0, 0.1) is 11.3 Å². The summed E-state index contributed by atoms with van der Waals surface area (Å²) in [5, 5.41) is 18.8. The second-order valence-corrected chi connectivity index (χ2v) is 9.35. The lowest BCUT2D eigenvalue weighted by atomic mass is 9.80. The van der Waals surface area contributed by atoms with Crippen molar-refractivity contribution in [2.24, 2.45) is 0 Å². The summed E-state index contributed by atoms with van der Waals surface area (Å²) >= 11 is 0. The third-order valence-electron chi connectivity index (χ3n) is 6.79. The van der Waals surface area contributed by atoms with E-state index in [-0.39, 0.29) is 24.0 Å². The number of β-amino-alcohol motifs (C(OH)–C–C–N with tert-alkyl or cyclic N) is 1. The van der Waals surface area contributed by atoms with E-state index in [0.717, 1.165) is 18.4 Å². The predicted octanol–water partition coefficient (Wildman–Crippen LogP) is 4.08. The summed E-state index contributed by atoms with van der Waals surface area (Å²) in [5.74, 6) is 1.76. The average Bonchev–Trinajstić information content (AvgIpc) is 3.52. The fraction of sp³-hybridized carbons (Fsp3) is 0.370. The van der Waals surface area contributed by atoms with Gasteiger partial charge in [0.25, 0.3) is 0 Å². The second-order valence-electron chi connectivity index (χ2n) is 9.35. The van der Waals surface area contributed by atoms with Crippen molar-refractivity contribution in [1.82, 2.24) is 9.88 Å². The first-order valence-corrected chi connectivity index (χ1v) is 11.6. The van der Waals surface area contributed by atoms with Crippen LogP contribution >= 0.6 is 0 Å². The Labute approximate surface area is 198 Å². The Morgan fingerprint density at radius 3 is 2.94 bits per heavy atom. The lowest BCUT2D eigenvalue weighted by Crippen LogP contribution is -2.32. The number of amides is 1. The molecule has 1 atom stereocenters. The summed E-state index contributed by atoms with van der Waals surface area (Å²) in [5.41, 5.74) is 4.33. The van der Waals surface area contributed by atoms with Crippen molar-refractivity contribution in [2.45, 2.75) is 44.6 Å². The van der Waals surface area contributed by atoms with Crippen molar-refractivity contribution in [3.63, 3.8) is 0 Å². The molecule has 5 rings (SSSR count). The smallest absolute Gasteiger partial charge is 0.226 e. The van der Waals surface area contributed by atoms with E-state index in [1.54, 1.807) is 23.2 Å². The highest BCUT2D eigenvalue weighted by Crippen LogP contribution is 2.48. The lowest BCUT2D eigenvalue weighted by molar-refractivity contribution is -0.128. The number of carbonyl (C=O) groups is 1. The molecule has 2 heterocycles. The normalized spacial score (nSPS) is 19.1. The Kier molecular flexibility index (Phi) is 5.62. The Hall–Kier alpha value is -3.63. The third-order valence-corrected chi connectivity index (χ3v) is 6.79. The zero-order valence-electron chi connectivity index (χ0n) is 19.4. The number of fused-ring (bicyclic) bond motifs is 2. The molecule has 3 aromatic rings. The number of benzene rings is 2. The van der Waals surface area contributed by atoms with Gasteiger partial charge in [-0.3, -0.25) is 4.79 Å². The maximum atomic E-state index is 12.5. The minimum atomic E-state index is -0.200. The molecule has 0 unspecified atom stereocenters. The largest absolute Gasteiger partial charge is 0.490 e. The third kappa shape index (κ3) is 3.74. The number of hydrogen-bond acceptors (Lipinski definition) is 6. The quantitative estimate of drug-likeness (QED) is 0.599. The molecule has 0 saturated carbocycles. The van der Waals surface area contributed by atoms with Crippen LogP contribution in [0.5, 0.6) is 5.75 Å². The zero-order valence-corrected chi connectivity index (χ0v) is 19.4. The molecule has 1 amide bonds. The molecule has 2 aliphatic rings. The van der Waals surface area contributed by atoms with Crippen molar-refractivity contribution in [1.29, 1.82) is 5.26 Å². The first-order valence-electron chi connectivity index (χ1n) is 11.6. The molecule has 1 aliphatic heterocycles. The van der Waals surface area contributed by atoms with Crippen molar-refractivity contribution in [3.05, 3.63) is 59.3 Å².